The topological polar surface area (TPSA) is 17.1 Å². The Kier molecular flexibility index (Phi) is 6.03. The number of hydrogen-bond donors (Lipinski definition) is 0. The van der Waals surface area contributed by atoms with Crippen molar-refractivity contribution in [3.05, 3.63) is 95.0 Å². The average Bonchev–Trinajstić information content (AvgIpc) is 2.67. The fourth-order valence-electron chi connectivity index (χ4n) is 2.89. The van der Waals surface area contributed by atoms with E-state index in [9.17, 15) is 4.79 Å². The van der Waals surface area contributed by atoms with E-state index in [1.54, 1.807) is 0 Å². The largest absolute Gasteiger partial charge is 0.294 e. The maximum atomic E-state index is 12.3. The maximum Gasteiger partial charge on any atom is 0.162 e. The van der Waals surface area contributed by atoms with Crippen LogP contribution in [0.5, 0.6) is 0 Å². The molecular formula is C23H21ClO. The van der Waals surface area contributed by atoms with Gasteiger partial charge in [0.1, 0.15) is 0 Å². The Labute approximate surface area is 154 Å². The predicted molar refractivity (Wildman–Crippen MR) is 105 cm³/mol. The van der Waals surface area contributed by atoms with Crippen molar-refractivity contribution in [3.8, 4) is 11.1 Å². The van der Waals surface area contributed by atoms with E-state index in [4.69, 9.17) is 11.6 Å². The highest BCUT2D eigenvalue weighted by atomic mass is 35.5. The summed E-state index contributed by atoms with van der Waals surface area (Å²) in [6.07, 6.45) is 3.60. The molecule has 0 aliphatic heterocycles. The Morgan fingerprint density at radius 1 is 0.720 bits per heavy atom. The number of carbonyl (C=O) groups excluding carboxylic acids is 1. The second-order valence-electron chi connectivity index (χ2n) is 6.20. The number of carbonyl (C=O) groups is 1. The fourth-order valence-corrected chi connectivity index (χ4v) is 3.02. The molecule has 0 bridgehead atoms. The standard InChI is InChI=1S/C23H21ClO/c24-22-16-14-20(15-17-22)19-10-12-21(13-11-19)23(25)9-5-4-8-18-6-2-1-3-7-18/h1-3,6-7,10-17H,4-5,8-9H2. The van der Waals surface area contributed by atoms with Crippen molar-refractivity contribution >= 4 is 17.4 Å². The van der Waals surface area contributed by atoms with Gasteiger partial charge in [-0.25, -0.2) is 0 Å². The molecule has 0 saturated carbocycles. The average molecular weight is 349 g/mol. The molecule has 126 valence electrons. The lowest BCUT2D eigenvalue weighted by atomic mass is 9.99. The van der Waals surface area contributed by atoms with Gasteiger partial charge in [-0.2, -0.15) is 0 Å². The van der Waals surface area contributed by atoms with Crippen LogP contribution in [0.3, 0.4) is 0 Å². The van der Waals surface area contributed by atoms with Crippen LogP contribution in [0.4, 0.5) is 0 Å². The van der Waals surface area contributed by atoms with Crippen molar-refractivity contribution < 1.29 is 4.79 Å². The SMILES string of the molecule is O=C(CCCCc1ccccc1)c1ccc(-c2ccc(Cl)cc2)cc1. The lowest BCUT2D eigenvalue weighted by Gasteiger charge is -2.05. The van der Waals surface area contributed by atoms with Crippen molar-refractivity contribution in [2.45, 2.75) is 25.7 Å². The van der Waals surface area contributed by atoms with Crippen LogP contribution >= 0.6 is 11.6 Å². The number of ketones is 1. The zero-order valence-electron chi connectivity index (χ0n) is 14.1. The number of aryl methyl sites for hydroxylation is 1. The molecule has 0 spiro atoms. The van der Waals surface area contributed by atoms with Gasteiger partial charge >= 0.3 is 0 Å². The molecule has 0 N–H and O–H groups in total. The van der Waals surface area contributed by atoms with Crippen LogP contribution in [-0.2, 0) is 6.42 Å². The lowest BCUT2D eigenvalue weighted by molar-refractivity contribution is 0.0979. The Bertz CT molecular complexity index is 805. The first kappa shape index (κ1) is 17.4. The first-order valence-corrected chi connectivity index (χ1v) is 9.03. The van der Waals surface area contributed by atoms with Crippen molar-refractivity contribution in [2.75, 3.05) is 0 Å². The van der Waals surface area contributed by atoms with Gasteiger partial charge in [0.2, 0.25) is 0 Å². The van der Waals surface area contributed by atoms with Gasteiger partial charge in [-0.15, -0.1) is 0 Å². The number of unbranched alkanes of at least 4 members (excludes halogenated alkanes) is 1. The number of Topliss-reactive ketones (excluding diaryl/α,β-unsaturated/α-hetero) is 1. The second-order valence-corrected chi connectivity index (χ2v) is 6.64. The van der Waals surface area contributed by atoms with E-state index in [1.165, 1.54) is 5.56 Å². The number of hydrogen-bond acceptors (Lipinski definition) is 1. The normalized spacial score (nSPS) is 10.6. The molecule has 0 aromatic heterocycles. The lowest BCUT2D eigenvalue weighted by Crippen LogP contribution is -1.99. The molecule has 0 atom stereocenters. The summed E-state index contributed by atoms with van der Waals surface area (Å²) in [4.78, 5) is 12.3. The summed E-state index contributed by atoms with van der Waals surface area (Å²) in [7, 11) is 0. The van der Waals surface area contributed by atoms with Gasteiger partial charge in [0.15, 0.2) is 5.78 Å². The van der Waals surface area contributed by atoms with Gasteiger partial charge < -0.3 is 0 Å². The Hall–Kier alpha value is -2.38. The summed E-state index contributed by atoms with van der Waals surface area (Å²) in [5, 5.41) is 0.728. The van der Waals surface area contributed by atoms with E-state index < -0.39 is 0 Å². The van der Waals surface area contributed by atoms with Crippen molar-refractivity contribution in [2.24, 2.45) is 0 Å². The quantitative estimate of drug-likeness (QED) is 0.347. The zero-order valence-corrected chi connectivity index (χ0v) is 14.9. The molecular weight excluding hydrogens is 328 g/mol. The molecule has 2 heteroatoms. The van der Waals surface area contributed by atoms with Crippen LogP contribution in [-0.4, -0.2) is 5.78 Å². The van der Waals surface area contributed by atoms with Crippen LogP contribution in [0.15, 0.2) is 78.9 Å². The molecule has 3 aromatic rings. The molecule has 0 unspecified atom stereocenters. The Morgan fingerprint density at radius 2 is 1.32 bits per heavy atom. The molecule has 0 amide bonds. The third-order valence-corrected chi connectivity index (χ3v) is 4.60. The summed E-state index contributed by atoms with van der Waals surface area (Å²) >= 11 is 5.92. The van der Waals surface area contributed by atoms with Gasteiger partial charge in [-0.05, 0) is 48.1 Å². The van der Waals surface area contributed by atoms with Gasteiger partial charge in [-0.1, -0.05) is 78.3 Å². The monoisotopic (exact) mass is 348 g/mol. The smallest absolute Gasteiger partial charge is 0.162 e. The van der Waals surface area contributed by atoms with E-state index in [-0.39, 0.29) is 5.78 Å². The first-order chi connectivity index (χ1) is 12.2. The van der Waals surface area contributed by atoms with Crippen LogP contribution in [0.1, 0.15) is 35.2 Å². The number of rotatable bonds is 7. The fraction of sp³-hybridized carbons (Fsp3) is 0.174. The molecule has 0 aliphatic carbocycles. The summed E-state index contributed by atoms with van der Waals surface area (Å²) in [6.45, 7) is 0. The van der Waals surface area contributed by atoms with Gasteiger partial charge in [0.05, 0.1) is 0 Å². The summed E-state index contributed by atoms with van der Waals surface area (Å²) in [5.41, 5.74) is 4.32. The molecule has 25 heavy (non-hydrogen) atoms. The minimum Gasteiger partial charge on any atom is -0.294 e. The number of benzene rings is 3. The zero-order chi connectivity index (χ0) is 17.5. The highest BCUT2D eigenvalue weighted by molar-refractivity contribution is 6.30. The Balaban J connectivity index is 1.51. The van der Waals surface area contributed by atoms with Crippen LogP contribution in [0, 0.1) is 0 Å². The highest BCUT2D eigenvalue weighted by Crippen LogP contribution is 2.22. The molecule has 0 saturated heterocycles. The van der Waals surface area contributed by atoms with Gasteiger partial charge in [0, 0.05) is 17.0 Å². The molecule has 1 nitrogen and oxygen atoms in total. The van der Waals surface area contributed by atoms with Crippen LogP contribution in [0.2, 0.25) is 5.02 Å². The third-order valence-electron chi connectivity index (χ3n) is 4.35. The number of halogens is 1. The van der Waals surface area contributed by atoms with Crippen LogP contribution < -0.4 is 0 Å². The van der Waals surface area contributed by atoms with E-state index in [2.05, 4.69) is 24.3 Å². The van der Waals surface area contributed by atoms with E-state index in [0.29, 0.717) is 6.42 Å². The van der Waals surface area contributed by atoms with Gasteiger partial charge in [0.25, 0.3) is 0 Å². The van der Waals surface area contributed by atoms with Crippen molar-refractivity contribution in [1.29, 1.82) is 0 Å². The minimum absolute atomic E-state index is 0.218. The van der Waals surface area contributed by atoms with Gasteiger partial charge in [-0.3, -0.25) is 4.79 Å². The first-order valence-electron chi connectivity index (χ1n) is 8.65. The summed E-state index contributed by atoms with van der Waals surface area (Å²) < 4.78 is 0. The van der Waals surface area contributed by atoms with Crippen LogP contribution in [0.25, 0.3) is 11.1 Å². The second kappa shape index (κ2) is 8.64. The van der Waals surface area contributed by atoms with Crippen molar-refractivity contribution in [1.82, 2.24) is 0 Å². The molecule has 0 radical (unpaired) electrons. The van der Waals surface area contributed by atoms with E-state index in [0.717, 1.165) is 41.0 Å². The van der Waals surface area contributed by atoms with Crippen molar-refractivity contribution in [3.63, 3.8) is 0 Å². The van der Waals surface area contributed by atoms with E-state index in [1.807, 2.05) is 54.6 Å². The molecule has 0 fully saturated rings. The molecule has 0 heterocycles. The van der Waals surface area contributed by atoms with E-state index >= 15 is 0 Å². The highest BCUT2D eigenvalue weighted by Gasteiger charge is 2.06. The molecule has 0 aliphatic rings. The predicted octanol–water partition coefficient (Wildman–Crippen LogP) is 6.60. The maximum absolute atomic E-state index is 12.3. The minimum atomic E-state index is 0.218. The molecule has 3 aromatic carbocycles. The summed E-state index contributed by atoms with van der Waals surface area (Å²) in [6, 6.07) is 26.0. The third kappa shape index (κ3) is 5.04. The Morgan fingerprint density at radius 3 is 1.96 bits per heavy atom. The summed E-state index contributed by atoms with van der Waals surface area (Å²) in [5.74, 6) is 0.218. The molecule has 3 rings (SSSR count).